The van der Waals surface area contributed by atoms with Crippen LogP contribution in [-0.4, -0.2) is 45.9 Å². The van der Waals surface area contributed by atoms with Gasteiger partial charge in [-0.2, -0.15) is 4.31 Å². The van der Waals surface area contributed by atoms with Crippen molar-refractivity contribution in [1.29, 1.82) is 0 Å². The van der Waals surface area contributed by atoms with Crippen molar-refractivity contribution in [2.45, 2.75) is 30.7 Å². The highest BCUT2D eigenvalue weighted by Gasteiger charge is 2.26. The summed E-state index contributed by atoms with van der Waals surface area (Å²) in [4.78, 5) is 15.3. The van der Waals surface area contributed by atoms with E-state index in [2.05, 4.69) is 10.2 Å². The second-order valence-electron chi connectivity index (χ2n) is 8.66. The third-order valence-corrected chi connectivity index (χ3v) is 8.03. The number of amides is 1. The van der Waals surface area contributed by atoms with Gasteiger partial charge in [0.1, 0.15) is 10.6 Å². The molecule has 0 atom stereocenters. The largest absolute Gasteiger partial charge is 0.495 e. The number of hydrogen-bond acceptors (Lipinski definition) is 5. The fraction of sp³-hybridized carbons (Fsp3) is 0.296. The number of anilines is 2. The molecule has 4 rings (SSSR count). The fourth-order valence-corrected chi connectivity index (χ4v) is 5.56. The molecule has 7 nitrogen and oxygen atoms in total. The SMILES string of the molecule is COc1ccc(C(=O)Nc2ccc(N3CCCCC3)cc2)cc1S(=O)(=O)N(C)Cc1ccccc1. The minimum absolute atomic E-state index is 0.0495. The molecule has 3 aromatic rings. The molecule has 0 saturated carbocycles. The van der Waals surface area contributed by atoms with Crippen LogP contribution in [-0.2, 0) is 16.6 Å². The number of benzene rings is 3. The minimum Gasteiger partial charge on any atom is -0.495 e. The van der Waals surface area contributed by atoms with Gasteiger partial charge in [0.25, 0.3) is 5.91 Å². The first-order valence-corrected chi connectivity index (χ1v) is 13.2. The van der Waals surface area contributed by atoms with E-state index >= 15 is 0 Å². The van der Waals surface area contributed by atoms with Crippen molar-refractivity contribution in [2.24, 2.45) is 0 Å². The summed E-state index contributed by atoms with van der Waals surface area (Å²) >= 11 is 0. The maximum atomic E-state index is 13.3. The number of rotatable bonds is 8. The van der Waals surface area contributed by atoms with E-state index in [1.165, 1.54) is 49.9 Å². The van der Waals surface area contributed by atoms with Crippen LogP contribution in [0.3, 0.4) is 0 Å². The zero-order chi connectivity index (χ0) is 24.8. The van der Waals surface area contributed by atoms with Crippen molar-refractivity contribution in [3.63, 3.8) is 0 Å². The Bertz CT molecular complexity index is 1260. The second-order valence-corrected chi connectivity index (χ2v) is 10.7. The van der Waals surface area contributed by atoms with E-state index in [4.69, 9.17) is 4.74 Å². The number of carbonyl (C=O) groups excluding carboxylic acids is 1. The Balaban J connectivity index is 1.52. The van der Waals surface area contributed by atoms with Crippen molar-refractivity contribution < 1.29 is 17.9 Å². The smallest absolute Gasteiger partial charge is 0.255 e. The quantitative estimate of drug-likeness (QED) is 0.490. The molecule has 0 spiro atoms. The van der Waals surface area contributed by atoms with Crippen molar-refractivity contribution in [3.05, 3.63) is 83.9 Å². The number of sulfonamides is 1. The highest BCUT2D eigenvalue weighted by atomic mass is 32.2. The molecule has 0 aromatic heterocycles. The Hall–Kier alpha value is -3.36. The predicted octanol–water partition coefficient (Wildman–Crippen LogP) is 4.76. The number of hydrogen-bond donors (Lipinski definition) is 1. The summed E-state index contributed by atoms with van der Waals surface area (Å²) in [6.45, 7) is 2.30. The molecule has 0 unspecified atom stereocenters. The number of methoxy groups -OCH3 is 1. The lowest BCUT2D eigenvalue weighted by Gasteiger charge is -2.28. The van der Waals surface area contributed by atoms with E-state index in [1.54, 1.807) is 6.07 Å². The zero-order valence-electron chi connectivity index (χ0n) is 20.1. The first-order chi connectivity index (χ1) is 16.9. The van der Waals surface area contributed by atoms with Crippen molar-refractivity contribution >= 4 is 27.3 Å². The van der Waals surface area contributed by atoms with Crippen LogP contribution in [0.5, 0.6) is 5.75 Å². The third-order valence-electron chi connectivity index (χ3n) is 6.21. The average molecular weight is 494 g/mol. The first kappa shape index (κ1) is 24.8. The molecule has 1 aliphatic rings. The molecule has 1 N–H and O–H groups in total. The van der Waals surface area contributed by atoms with E-state index in [-0.39, 0.29) is 28.7 Å². The highest BCUT2D eigenvalue weighted by Crippen LogP contribution is 2.29. The lowest BCUT2D eigenvalue weighted by molar-refractivity contribution is 0.102. The molecule has 0 aliphatic carbocycles. The van der Waals surface area contributed by atoms with Crippen LogP contribution < -0.4 is 15.0 Å². The van der Waals surface area contributed by atoms with Crippen LogP contribution in [0.15, 0.2) is 77.7 Å². The van der Waals surface area contributed by atoms with Gasteiger partial charge in [-0.05, 0) is 67.3 Å². The number of piperidine rings is 1. The Morgan fingerprint density at radius 2 is 1.66 bits per heavy atom. The number of nitrogens with one attached hydrogen (secondary N) is 1. The van der Waals surface area contributed by atoms with Crippen molar-refractivity contribution in [2.75, 3.05) is 37.5 Å². The second kappa shape index (κ2) is 10.9. The van der Waals surface area contributed by atoms with E-state index in [0.717, 1.165) is 24.3 Å². The normalized spacial score (nSPS) is 14.1. The summed E-state index contributed by atoms with van der Waals surface area (Å²) in [6.07, 6.45) is 3.66. The Labute approximate surface area is 207 Å². The molecule has 1 amide bonds. The molecule has 35 heavy (non-hydrogen) atoms. The topological polar surface area (TPSA) is 79.0 Å². The molecule has 1 saturated heterocycles. The van der Waals surface area contributed by atoms with Crippen LogP contribution in [0.4, 0.5) is 11.4 Å². The fourth-order valence-electron chi connectivity index (χ4n) is 4.22. The van der Waals surface area contributed by atoms with Gasteiger partial charge in [-0.25, -0.2) is 8.42 Å². The molecule has 184 valence electrons. The zero-order valence-corrected chi connectivity index (χ0v) is 20.9. The summed E-state index contributed by atoms with van der Waals surface area (Å²) in [5.74, 6) is -0.201. The summed E-state index contributed by atoms with van der Waals surface area (Å²) in [5.41, 5.74) is 2.89. The van der Waals surface area contributed by atoms with Crippen molar-refractivity contribution in [1.82, 2.24) is 4.31 Å². The van der Waals surface area contributed by atoms with E-state index in [9.17, 15) is 13.2 Å². The summed E-state index contributed by atoms with van der Waals surface area (Å²) in [5, 5.41) is 2.87. The molecular formula is C27H31N3O4S. The van der Waals surface area contributed by atoms with Gasteiger partial charge in [-0.3, -0.25) is 4.79 Å². The maximum absolute atomic E-state index is 13.3. The van der Waals surface area contributed by atoms with Crippen LogP contribution in [0.2, 0.25) is 0 Å². The Morgan fingerprint density at radius 3 is 2.31 bits per heavy atom. The molecular weight excluding hydrogens is 462 g/mol. The van der Waals surface area contributed by atoms with Gasteiger partial charge in [0.15, 0.2) is 0 Å². The lowest BCUT2D eigenvalue weighted by Crippen LogP contribution is -2.29. The van der Waals surface area contributed by atoms with Gasteiger partial charge >= 0.3 is 0 Å². The van der Waals surface area contributed by atoms with Gasteiger partial charge in [0, 0.05) is 43.6 Å². The third kappa shape index (κ3) is 5.83. The highest BCUT2D eigenvalue weighted by molar-refractivity contribution is 7.89. The molecule has 1 aliphatic heterocycles. The maximum Gasteiger partial charge on any atom is 0.255 e. The monoisotopic (exact) mass is 493 g/mol. The Morgan fingerprint density at radius 1 is 0.971 bits per heavy atom. The lowest BCUT2D eigenvalue weighted by atomic mass is 10.1. The number of nitrogens with zero attached hydrogens (tertiary/aromatic N) is 2. The van der Waals surface area contributed by atoms with E-state index < -0.39 is 10.0 Å². The van der Waals surface area contributed by atoms with E-state index in [1.807, 2.05) is 54.6 Å². The molecule has 0 radical (unpaired) electrons. The van der Waals surface area contributed by atoms with Crippen LogP contribution in [0.1, 0.15) is 35.2 Å². The van der Waals surface area contributed by atoms with E-state index in [0.29, 0.717) is 5.69 Å². The summed E-state index contributed by atoms with van der Waals surface area (Å²) < 4.78 is 33.3. The molecule has 0 bridgehead atoms. The first-order valence-electron chi connectivity index (χ1n) is 11.7. The van der Waals surface area contributed by atoms with Gasteiger partial charge in [-0.15, -0.1) is 0 Å². The van der Waals surface area contributed by atoms with Gasteiger partial charge in [0.2, 0.25) is 10.0 Å². The van der Waals surface area contributed by atoms with Gasteiger partial charge in [0.05, 0.1) is 7.11 Å². The van der Waals surface area contributed by atoms with Crippen LogP contribution in [0.25, 0.3) is 0 Å². The van der Waals surface area contributed by atoms with Crippen LogP contribution in [0, 0.1) is 0 Å². The van der Waals surface area contributed by atoms with Crippen LogP contribution >= 0.6 is 0 Å². The standard InChI is InChI=1S/C27H31N3O4S/c1-29(20-21-9-5-3-6-10-21)35(32,33)26-19-22(11-16-25(26)34-2)27(31)28-23-12-14-24(15-13-23)30-17-7-4-8-18-30/h3,5-6,9-16,19H,4,7-8,17-18,20H2,1-2H3,(H,28,31). The summed E-state index contributed by atoms with van der Waals surface area (Å²) in [7, 11) is -0.980. The molecule has 1 heterocycles. The van der Waals surface area contributed by atoms with Crippen molar-refractivity contribution in [3.8, 4) is 5.75 Å². The summed E-state index contributed by atoms with van der Waals surface area (Å²) in [6, 6.07) is 21.5. The van der Waals surface area contributed by atoms with Gasteiger partial charge < -0.3 is 15.0 Å². The number of carbonyl (C=O) groups is 1. The molecule has 3 aromatic carbocycles. The molecule has 1 fully saturated rings. The average Bonchev–Trinajstić information content (AvgIpc) is 2.89. The Kier molecular flexibility index (Phi) is 7.73. The number of ether oxygens (including phenoxy) is 1. The molecule has 8 heteroatoms. The predicted molar refractivity (Wildman–Crippen MR) is 139 cm³/mol. The minimum atomic E-state index is -3.90. The van der Waals surface area contributed by atoms with Gasteiger partial charge in [-0.1, -0.05) is 30.3 Å².